The van der Waals surface area contributed by atoms with Crippen molar-refractivity contribution in [2.24, 2.45) is 5.92 Å². The van der Waals surface area contributed by atoms with Crippen LogP contribution in [0.25, 0.3) is 11.2 Å². The van der Waals surface area contributed by atoms with Gasteiger partial charge in [0, 0.05) is 25.6 Å². The molecule has 1 N–H and O–H groups in total. The number of aromatic amines is 1. The van der Waals surface area contributed by atoms with Gasteiger partial charge in [0.1, 0.15) is 5.52 Å². The Morgan fingerprint density at radius 1 is 1.45 bits per heavy atom. The van der Waals surface area contributed by atoms with E-state index in [9.17, 15) is 0 Å². The third-order valence-corrected chi connectivity index (χ3v) is 4.62. The fraction of sp³-hybridized carbons (Fsp3) is 0.714. The molecule has 2 aromatic rings. The minimum atomic E-state index is 0.362. The molecule has 1 aliphatic rings. The lowest BCUT2D eigenvalue weighted by Gasteiger charge is -2.17. The van der Waals surface area contributed by atoms with E-state index in [1.165, 1.54) is 0 Å². The van der Waals surface area contributed by atoms with Crippen molar-refractivity contribution < 1.29 is 4.74 Å². The smallest absolute Gasteiger partial charge is 0.179 e. The first-order valence-corrected chi connectivity index (χ1v) is 7.84. The lowest BCUT2D eigenvalue weighted by Crippen LogP contribution is -2.21. The summed E-state index contributed by atoms with van der Waals surface area (Å²) in [6.45, 7) is 8.97. The molecule has 20 heavy (non-hydrogen) atoms. The van der Waals surface area contributed by atoms with Gasteiger partial charge in [0.25, 0.3) is 0 Å². The second kappa shape index (κ2) is 5.33. The van der Waals surface area contributed by atoms with Gasteiger partial charge in [-0.15, -0.1) is 0 Å². The van der Waals surface area contributed by atoms with Crippen molar-refractivity contribution in [1.29, 1.82) is 0 Å². The van der Waals surface area contributed by atoms with Gasteiger partial charge in [-0.3, -0.25) is 0 Å². The summed E-state index contributed by atoms with van der Waals surface area (Å²) in [6.07, 6.45) is 2.55. The highest BCUT2D eigenvalue weighted by Gasteiger charge is 2.28. The highest BCUT2D eigenvalue weighted by molar-refractivity contribution is 7.71. The van der Waals surface area contributed by atoms with Crippen molar-refractivity contribution >= 4 is 23.4 Å². The molecule has 3 rings (SSSR count). The molecule has 2 atom stereocenters. The number of rotatable bonds is 4. The summed E-state index contributed by atoms with van der Waals surface area (Å²) < 4.78 is 10.8. The SMILES string of the molecule is CCC1OCCC1Cn1c(=S)[nH]c2c(C)nn(CC)c21. The van der Waals surface area contributed by atoms with Crippen molar-refractivity contribution in [3.8, 4) is 0 Å². The molecule has 1 aliphatic heterocycles. The van der Waals surface area contributed by atoms with Gasteiger partial charge in [-0.1, -0.05) is 6.92 Å². The molecular formula is C14H22N4OS. The molecule has 0 saturated carbocycles. The molecule has 0 aromatic carbocycles. The largest absolute Gasteiger partial charge is 0.378 e. The van der Waals surface area contributed by atoms with Crippen LogP contribution in [0.5, 0.6) is 0 Å². The first-order valence-electron chi connectivity index (χ1n) is 7.43. The molecule has 2 unspecified atom stereocenters. The molecule has 0 radical (unpaired) electrons. The topological polar surface area (TPSA) is 47.8 Å². The minimum Gasteiger partial charge on any atom is -0.378 e. The summed E-state index contributed by atoms with van der Waals surface area (Å²) in [5.74, 6) is 0.547. The Morgan fingerprint density at radius 2 is 2.25 bits per heavy atom. The molecule has 0 bridgehead atoms. The standard InChI is InChI=1S/C14H22N4OS/c1-4-11-10(6-7-19-11)8-17-13-12(15-14(17)20)9(3)16-18(13)5-2/h10-11H,4-8H2,1-3H3,(H,15,20). The monoisotopic (exact) mass is 294 g/mol. The fourth-order valence-corrected chi connectivity index (χ4v) is 3.50. The van der Waals surface area contributed by atoms with Gasteiger partial charge in [0.05, 0.1) is 11.8 Å². The second-order valence-electron chi connectivity index (χ2n) is 5.51. The zero-order valence-corrected chi connectivity index (χ0v) is 13.2. The van der Waals surface area contributed by atoms with Crippen LogP contribution < -0.4 is 0 Å². The van der Waals surface area contributed by atoms with E-state index in [2.05, 4.69) is 28.5 Å². The molecule has 0 spiro atoms. The Labute approximate surface area is 123 Å². The lowest BCUT2D eigenvalue weighted by atomic mass is 10.00. The molecule has 0 amide bonds. The Kier molecular flexibility index (Phi) is 3.69. The van der Waals surface area contributed by atoms with E-state index in [1.54, 1.807) is 0 Å². The predicted octanol–water partition coefficient (Wildman–Crippen LogP) is 3.04. The van der Waals surface area contributed by atoms with Gasteiger partial charge in [-0.25, -0.2) is 4.68 Å². The van der Waals surface area contributed by atoms with Gasteiger partial charge in [-0.2, -0.15) is 5.10 Å². The number of aromatic nitrogens is 4. The highest BCUT2D eigenvalue weighted by atomic mass is 32.1. The summed E-state index contributed by atoms with van der Waals surface area (Å²) in [6, 6.07) is 0. The Hall–Kier alpha value is -1.14. The van der Waals surface area contributed by atoms with Crippen LogP contribution in [0.2, 0.25) is 0 Å². The Bertz CT molecular complexity index is 669. The summed E-state index contributed by atoms with van der Waals surface area (Å²) in [5.41, 5.74) is 3.21. The van der Waals surface area contributed by atoms with Crippen LogP contribution in [0.3, 0.4) is 0 Å². The number of aryl methyl sites for hydroxylation is 2. The summed E-state index contributed by atoms with van der Waals surface area (Å²) in [5, 5.41) is 4.57. The third kappa shape index (κ3) is 2.11. The van der Waals surface area contributed by atoms with Gasteiger partial charge in [0.2, 0.25) is 0 Å². The Morgan fingerprint density at radius 3 is 2.95 bits per heavy atom. The zero-order valence-electron chi connectivity index (χ0n) is 12.3. The number of hydrogen-bond donors (Lipinski definition) is 1. The molecule has 2 aromatic heterocycles. The van der Waals surface area contributed by atoms with Crippen LogP contribution >= 0.6 is 12.2 Å². The van der Waals surface area contributed by atoms with E-state index in [4.69, 9.17) is 17.0 Å². The lowest BCUT2D eigenvalue weighted by molar-refractivity contribution is 0.0836. The van der Waals surface area contributed by atoms with Crippen LogP contribution in [0.15, 0.2) is 0 Å². The summed E-state index contributed by atoms with van der Waals surface area (Å²) in [4.78, 5) is 3.31. The Balaban J connectivity index is 2.02. The number of nitrogens with one attached hydrogen (secondary N) is 1. The first kappa shape index (κ1) is 13.8. The number of fused-ring (bicyclic) bond motifs is 1. The quantitative estimate of drug-likeness (QED) is 0.882. The second-order valence-corrected chi connectivity index (χ2v) is 5.89. The molecule has 1 saturated heterocycles. The number of nitrogens with zero attached hydrogens (tertiary/aromatic N) is 3. The number of H-pyrrole nitrogens is 1. The molecular weight excluding hydrogens is 272 g/mol. The molecule has 110 valence electrons. The number of imidazole rings is 1. The van der Waals surface area contributed by atoms with Crippen LogP contribution in [0, 0.1) is 17.6 Å². The van der Waals surface area contributed by atoms with E-state index in [0.717, 1.165) is 54.2 Å². The molecule has 0 aliphatic carbocycles. The number of ether oxygens (including phenoxy) is 1. The van der Waals surface area contributed by atoms with Crippen molar-refractivity contribution in [3.05, 3.63) is 10.5 Å². The molecule has 3 heterocycles. The van der Waals surface area contributed by atoms with Crippen LogP contribution in [-0.2, 0) is 17.8 Å². The average molecular weight is 294 g/mol. The average Bonchev–Trinajstić information content (AvgIpc) is 3.09. The summed E-state index contributed by atoms with van der Waals surface area (Å²) >= 11 is 5.51. The van der Waals surface area contributed by atoms with Gasteiger partial charge in [0.15, 0.2) is 10.4 Å². The van der Waals surface area contributed by atoms with Crippen molar-refractivity contribution in [3.63, 3.8) is 0 Å². The maximum atomic E-state index is 5.80. The predicted molar refractivity (Wildman–Crippen MR) is 81.5 cm³/mol. The van der Waals surface area contributed by atoms with E-state index >= 15 is 0 Å². The number of hydrogen-bond acceptors (Lipinski definition) is 3. The zero-order chi connectivity index (χ0) is 14.3. The van der Waals surface area contributed by atoms with Crippen molar-refractivity contribution in [2.75, 3.05) is 6.61 Å². The van der Waals surface area contributed by atoms with Gasteiger partial charge >= 0.3 is 0 Å². The van der Waals surface area contributed by atoms with E-state index in [1.807, 2.05) is 11.6 Å². The highest BCUT2D eigenvalue weighted by Crippen LogP contribution is 2.27. The van der Waals surface area contributed by atoms with Gasteiger partial charge in [-0.05, 0) is 38.9 Å². The molecule has 5 nitrogen and oxygen atoms in total. The minimum absolute atomic E-state index is 0.362. The normalized spacial score (nSPS) is 22.9. The van der Waals surface area contributed by atoms with Crippen LogP contribution in [-0.4, -0.2) is 32.0 Å². The fourth-order valence-electron chi connectivity index (χ4n) is 3.24. The van der Waals surface area contributed by atoms with Gasteiger partial charge < -0.3 is 14.3 Å². The molecule has 6 heteroatoms. The third-order valence-electron chi connectivity index (χ3n) is 4.30. The maximum absolute atomic E-state index is 5.80. The van der Waals surface area contributed by atoms with Crippen LogP contribution in [0.1, 0.15) is 32.4 Å². The summed E-state index contributed by atoms with van der Waals surface area (Å²) in [7, 11) is 0. The van der Waals surface area contributed by atoms with E-state index in [0.29, 0.717) is 12.0 Å². The first-order chi connectivity index (χ1) is 9.65. The van der Waals surface area contributed by atoms with E-state index < -0.39 is 0 Å². The maximum Gasteiger partial charge on any atom is 0.179 e. The molecule has 1 fully saturated rings. The van der Waals surface area contributed by atoms with Crippen LogP contribution in [0.4, 0.5) is 0 Å². The van der Waals surface area contributed by atoms with E-state index in [-0.39, 0.29) is 0 Å². The van der Waals surface area contributed by atoms with Crippen molar-refractivity contribution in [1.82, 2.24) is 19.3 Å². The van der Waals surface area contributed by atoms with Crippen molar-refractivity contribution in [2.45, 2.75) is 52.8 Å².